The second-order valence-corrected chi connectivity index (χ2v) is 4.59. The molecule has 0 fully saturated rings. The topological polar surface area (TPSA) is 56.1 Å². The molecule has 3 nitrogen and oxygen atoms in total. The maximum Gasteiger partial charge on any atom is 0.151 e. The van der Waals surface area contributed by atoms with Crippen LogP contribution in [-0.4, -0.2) is 10.9 Å². The molecule has 0 aliphatic rings. The minimum Gasteiger partial charge on any atom is -0.369 e. The van der Waals surface area contributed by atoms with Gasteiger partial charge in [0.05, 0.1) is 5.84 Å². The first-order valence-corrected chi connectivity index (χ1v) is 5.58. The Balaban J connectivity index is 2.69. The zero-order valence-electron chi connectivity index (χ0n) is 8.79. The van der Waals surface area contributed by atoms with Gasteiger partial charge in [-0.1, -0.05) is 41.9 Å². The highest BCUT2D eigenvalue weighted by molar-refractivity contribution is 9.10. The summed E-state index contributed by atoms with van der Waals surface area (Å²) in [7, 11) is 0. The van der Waals surface area contributed by atoms with Crippen LogP contribution in [0.5, 0.6) is 0 Å². The van der Waals surface area contributed by atoms with Crippen LogP contribution in [0.1, 0.15) is 25.6 Å². The van der Waals surface area contributed by atoms with E-state index in [1.165, 1.54) is 0 Å². The van der Waals surface area contributed by atoms with Crippen molar-refractivity contribution in [3.63, 3.8) is 0 Å². The second-order valence-electron chi connectivity index (χ2n) is 3.67. The number of nitrogens with one attached hydrogen (secondary N) is 2. The molecule has 0 amide bonds. The summed E-state index contributed by atoms with van der Waals surface area (Å²) in [5.41, 5.74) is 0.745. The lowest BCUT2D eigenvalue weighted by Gasteiger charge is -2.17. The van der Waals surface area contributed by atoms with Gasteiger partial charge in [0.25, 0.3) is 0 Å². The van der Waals surface area contributed by atoms with Crippen LogP contribution in [0.4, 0.5) is 0 Å². The van der Waals surface area contributed by atoms with Crippen LogP contribution < -0.4 is 5.32 Å². The van der Waals surface area contributed by atoms with Crippen molar-refractivity contribution in [1.82, 2.24) is 5.32 Å². The van der Waals surface area contributed by atoms with E-state index in [1.54, 1.807) is 0 Å². The van der Waals surface area contributed by atoms with Crippen molar-refractivity contribution in [2.45, 2.75) is 20.1 Å². The Bertz CT molecular complexity index is 352. The molecular weight excluding hydrogens is 256 g/mol. The molecule has 0 aromatic heterocycles. The highest BCUT2D eigenvalue weighted by Crippen LogP contribution is 2.16. The molecule has 0 saturated carbocycles. The largest absolute Gasteiger partial charge is 0.369 e. The summed E-state index contributed by atoms with van der Waals surface area (Å²) < 4.78 is 0.914. The van der Waals surface area contributed by atoms with Gasteiger partial charge in [-0.15, -0.1) is 0 Å². The molecule has 82 valence electrons. The number of halogens is 1. The van der Waals surface area contributed by atoms with Crippen molar-refractivity contribution in [3.8, 4) is 0 Å². The van der Waals surface area contributed by atoms with Gasteiger partial charge in [-0.25, -0.2) is 0 Å². The minimum absolute atomic E-state index is 0.0896. The average Bonchev–Trinajstić information content (AvgIpc) is 2.17. The molecule has 1 rings (SSSR count). The molecule has 3 N–H and O–H groups in total. The Kier molecular flexibility index (Phi) is 4.29. The zero-order valence-corrected chi connectivity index (χ0v) is 10.4. The number of benzene rings is 1. The Labute approximate surface area is 98.2 Å². The van der Waals surface area contributed by atoms with Gasteiger partial charge in [0, 0.05) is 16.0 Å². The van der Waals surface area contributed by atoms with Crippen LogP contribution in [0.25, 0.3) is 0 Å². The van der Waals surface area contributed by atoms with Gasteiger partial charge in [0.2, 0.25) is 0 Å². The van der Waals surface area contributed by atoms with Crippen LogP contribution in [0, 0.1) is 11.3 Å². The van der Waals surface area contributed by atoms with Gasteiger partial charge in [-0.3, -0.25) is 5.41 Å². The molecule has 0 aliphatic heterocycles. The number of hydrogen-bond donors (Lipinski definition) is 3. The Morgan fingerprint density at radius 2 is 2.13 bits per heavy atom. The van der Waals surface area contributed by atoms with Crippen LogP contribution in [-0.2, 0) is 0 Å². The Morgan fingerprint density at radius 3 is 2.67 bits per heavy atom. The molecule has 0 spiro atoms. The molecule has 0 saturated heterocycles. The van der Waals surface area contributed by atoms with Crippen molar-refractivity contribution in [2.75, 3.05) is 0 Å². The Morgan fingerprint density at radius 1 is 1.47 bits per heavy atom. The van der Waals surface area contributed by atoms with Crippen LogP contribution in [0.2, 0.25) is 0 Å². The van der Waals surface area contributed by atoms with Crippen molar-refractivity contribution < 1.29 is 5.11 Å². The number of aliphatic hydroxyl groups is 1. The maximum atomic E-state index is 9.79. The highest BCUT2D eigenvalue weighted by Gasteiger charge is 2.10. The zero-order chi connectivity index (χ0) is 11.4. The van der Waals surface area contributed by atoms with E-state index in [9.17, 15) is 5.11 Å². The third-order valence-electron chi connectivity index (χ3n) is 2.03. The molecule has 0 aliphatic carbocycles. The molecular formula is C11H15BrN2O. The number of amidine groups is 1. The lowest BCUT2D eigenvalue weighted by atomic mass is 10.1. The minimum atomic E-state index is -0.822. The lowest BCUT2D eigenvalue weighted by Crippen LogP contribution is -2.31. The Hall–Kier alpha value is -0.870. The van der Waals surface area contributed by atoms with E-state index in [0.29, 0.717) is 5.84 Å². The third kappa shape index (κ3) is 3.64. The lowest BCUT2D eigenvalue weighted by molar-refractivity contribution is 0.161. The molecule has 15 heavy (non-hydrogen) atoms. The standard InChI is InChI=1S/C11H15BrN2O/c1-7(2)10(13)14-11(15)8-4-3-5-9(12)6-8/h3-7,11,15H,1-2H3,(H2,13,14). The van der Waals surface area contributed by atoms with Gasteiger partial charge >= 0.3 is 0 Å². The van der Waals surface area contributed by atoms with Gasteiger partial charge in [0.1, 0.15) is 0 Å². The summed E-state index contributed by atoms with van der Waals surface area (Å²) in [5, 5.41) is 20.1. The van der Waals surface area contributed by atoms with Crippen molar-refractivity contribution in [2.24, 2.45) is 5.92 Å². The van der Waals surface area contributed by atoms with E-state index >= 15 is 0 Å². The number of hydrogen-bond acceptors (Lipinski definition) is 2. The monoisotopic (exact) mass is 270 g/mol. The summed E-state index contributed by atoms with van der Waals surface area (Å²) in [5.74, 6) is 0.425. The second kappa shape index (κ2) is 5.28. The van der Waals surface area contributed by atoms with Crippen LogP contribution >= 0.6 is 15.9 Å². The molecule has 1 aromatic carbocycles. The summed E-state index contributed by atoms with van der Waals surface area (Å²) in [6.07, 6.45) is -0.822. The fraction of sp³-hybridized carbons (Fsp3) is 0.364. The first-order valence-electron chi connectivity index (χ1n) is 4.79. The SMILES string of the molecule is CC(C)C(=N)NC(O)c1cccc(Br)c1. The first-order chi connectivity index (χ1) is 7.00. The maximum absolute atomic E-state index is 9.79. The van der Waals surface area contributed by atoms with Crippen molar-refractivity contribution >= 4 is 21.8 Å². The number of rotatable bonds is 3. The molecule has 1 atom stereocenters. The summed E-state index contributed by atoms with van der Waals surface area (Å²) in [4.78, 5) is 0. The fourth-order valence-corrected chi connectivity index (χ4v) is 1.49. The van der Waals surface area contributed by atoms with Gasteiger partial charge in [-0.05, 0) is 12.1 Å². The summed E-state index contributed by atoms with van der Waals surface area (Å²) >= 11 is 3.33. The fourth-order valence-electron chi connectivity index (χ4n) is 1.07. The molecule has 1 aromatic rings. The van der Waals surface area contributed by atoms with Crippen LogP contribution in [0.3, 0.4) is 0 Å². The predicted molar refractivity (Wildman–Crippen MR) is 64.8 cm³/mol. The molecule has 0 bridgehead atoms. The van der Waals surface area contributed by atoms with E-state index in [-0.39, 0.29) is 5.92 Å². The molecule has 0 heterocycles. The van der Waals surface area contributed by atoms with E-state index in [0.717, 1.165) is 10.0 Å². The van der Waals surface area contributed by atoms with Gasteiger partial charge < -0.3 is 10.4 Å². The summed E-state index contributed by atoms with van der Waals surface area (Å²) in [6.45, 7) is 3.81. The van der Waals surface area contributed by atoms with E-state index in [2.05, 4.69) is 21.2 Å². The molecule has 1 unspecified atom stereocenters. The van der Waals surface area contributed by atoms with Crippen molar-refractivity contribution in [1.29, 1.82) is 5.41 Å². The van der Waals surface area contributed by atoms with Crippen LogP contribution in [0.15, 0.2) is 28.7 Å². The highest BCUT2D eigenvalue weighted by atomic mass is 79.9. The third-order valence-corrected chi connectivity index (χ3v) is 2.53. The summed E-state index contributed by atoms with van der Waals surface area (Å²) in [6, 6.07) is 7.38. The van der Waals surface area contributed by atoms with E-state index in [4.69, 9.17) is 5.41 Å². The number of aliphatic hydroxyl groups excluding tert-OH is 1. The normalized spacial score (nSPS) is 12.6. The van der Waals surface area contributed by atoms with E-state index in [1.807, 2.05) is 38.1 Å². The molecule has 4 heteroatoms. The van der Waals surface area contributed by atoms with Crippen molar-refractivity contribution in [3.05, 3.63) is 34.3 Å². The predicted octanol–water partition coefficient (Wildman–Crippen LogP) is 2.66. The molecule has 0 radical (unpaired) electrons. The van der Waals surface area contributed by atoms with Gasteiger partial charge in [-0.2, -0.15) is 0 Å². The van der Waals surface area contributed by atoms with E-state index < -0.39 is 6.23 Å². The quantitative estimate of drug-likeness (QED) is 0.449. The van der Waals surface area contributed by atoms with Gasteiger partial charge in [0.15, 0.2) is 6.23 Å². The first kappa shape index (κ1) is 12.2. The average molecular weight is 271 g/mol. The smallest absolute Gasteiger partial charge is 0.151 e.